The third-order valence-electron chi connectivity index (χ3n) is 6.94. The van der Waals surface area contributed by atoms with Gasteiger partial charge in [0.1, 0.15) is 12.1 Å². The molecule has 0 radical (unpaired) electrons. The van der Waals surface area contributed by atoms with E-state index >= 15 is 0 Å². The van der Waals surface area contributed by atoms with Crippen LogP contribution in [0, 0.1) is 5.92 Å². The number of benzene rings is 1. The van der Waals surface area contributed by atoms with Crippen molar-refractivity contribution in [3.8, 4) is 0 Å². The number of thiol groups is 1. The van der Waals surface area contributed by atoms with Crippen LogP contribution >= 0.6 is 12.6 Å². The van der Waals surface area contributed by atoms with E-state index in [1.165, 1.54) is 0 Å². The van der Waals surface area contributed by atoms with Gasteiger partial charge >= 0.3 is 24.0 Å². The smallest absolute Gasteiger partial charge is 0.467 e. The molecule has 21 heteroatoms. The molecule has 3 rings (SSSR count). The van der Waals surface area contributed by atoms with Crippen molar-refractivity contribution in [2.75, 3.05) is 30.2 Å². The highest BCUT2D eigenvalue weighted by molar-refractivity contribution is 7.80. The number of ether oxygens (including phenoxy) is 2. The number of carbonyl (C=O) groups is 6. The second-order valence-electron chi connectivity index (χ2n) is 10.9. The highest BCUT2D eigenvalue weighted by atomic mass is 32.1. The number of amides is 4. The summed E-state index contributed by atoms with van der Waals surface area (Å²) in [6, 6.07) is 1.86. The summed E-state index contributed by atoms with van der Waals surface area (Å²) in [5.74, 6) is -6.63. The number of rotatable bonds is 14. The molecule has 2 aromatic heterocycles. The van der Waals surface area contributed by atoms with Crippen molar-refractivity contribution in [3.63, 3.8) is 0 Å². The van der Waals surface area contributed by atoms with E-state index in [0.717, 1.165) is 44.7 Å². The number of hydrogen-bond donors (Lipinski definition) is 5. The number of alkyl halides is 3. The molecule has 0 aliphatic carbocycles. The van der Waals surface area contributed by atoms with Crippen LogP contribution in [0.5, 0.6) is 0 Å². The zero-order chi connectivity index (χ0) is 38.0. The van der Waals surface area contributed by atoms with Crippen LogP contribution in [0.3, 0.4) is 0 Å². The Bertz CT molecular complexity index is 1850. The molecular formula is C30H33F3N8O9S. The molecule has 0 saturated carbocycles. The molecule has 2 heterocycles. The molecule has 1 aromatic carbocycles. The fourth-order valence-electron chi connectivity index (χ4n) is 4.23. The molecule has 3 aromatic rings. The van der Waals surface area contributed by atoms with Crippen molar-refractivity contribution in [1.29, 1.82) is 0 Å². The summed E-state index contributed by atoms with van der Waals surface area (Å²) in [5.41, 5.74) is -2.14. The van der Waals surface area contributed by atoms with Gasteiger partial charge in [0.25, 0.3) is 11.5 Å². The van der Waals surface area contributed by atoms with E-state index in [-0.39, 0.29) is 52.7 Å². The van der Waals surface area contributed by atoms with Crippen LogP contribution in [-0.2, 0) is 40.0 Å². The number of methoxy groups -OCH3 is 2. The Morgan fingerprint density at radius 3 is 2.16 bits per heavy atom. The van der Waals surface area contributed by atoms with Crippen LogP contribution in [0.2, 0.25) is 0 Å². The molecule has 0 aliphatic heterocycles. The van der Waals surface area contributed by atoms with Gasteiger partial charge < -0.3 is 20.1 Å². The maximum Gasteiger partial charge on any atom is 0.471 e. The largest absolute Gasteiger partial charge is 0.471 e. The predicted octanol–water partition coefficient (Wildman–Crippen LogP) is 1.04. The summed E-state index contributed by atoms with van der Waals surface area (Å²) in [6.07, 6.45) is -4.92. The topological polar surface area (TPSA) is 232 Å². The Balaban J connectivity index is 1.81. The van der Waals surface area contributed by atoms with Crippen LogP contribution < -0.4 is 26.4 Å². The van der Waals surface area contributed by atoms with Crippen LogP contribution in [0.1, 0.15) is 42.7 Å². The number of carbonyl (C=O) groups excluding carboxylic acids is 6. The van der Waals surface area contributed by atoms with Crippen molar-refractivity contribution >= 4 is 71.0 Å². The van der Waals surface area contributed by atoms with Gasteiger partial charge in [-0.3, -0.25) is 39.2 Å². The van der Waals surface area contributed by atoms with Crippen molar-refractivity contribution < 1.29 is 51.4 Å². The van der Waals surface area contributed by atoms with Gasteiger partial charge in [-0.05, 0) is 30.7 Å². The van der Waals surface area contributed by atoms with Gasteiger partial charge in [0, 0.05) is 29.3 Å². The number of nitrogens with one attached hydrogen (secondary N) is 4. The minimum Gasteiger partial charge on any atom is -0.467 e. The zero-order valence-electron chi connectivity index (χ0n) is 27.5. The minimum atomic E-state index is -5.34. The maximum atomic E-state index is 13.7. The predicted molar refractivity (Wildman–Crippen MR) is 175 cm³/mol. The summed E-state index contributed by atoms with van der Waals surface area (Å²) >= 11 is 3.97. The first kappa shape index (κ1) is 39.8. The Kier molecular flexibility index (Phi) is 13.6. The number of halogens is 3. The lowest BCUT2D eigenvalue weighted by Gasteiger charge is -2.24. The Morgan fingerprint density at radius 2 is 1.59 bits per heavy atom. The fourth-order valence-corrected chi connectivity index (χ4v) is 4.47. The van der Waals surface area contributed by atoms with Gasteiger partial charge in [-0.2, -0.15) is 30.8 Å². The van der Waals surface area contributed by atoms with Crippen molar-refractivity contribution in [2.24, 2.45) is 5.92 Å². The van der Waals surface area contributed by atoms with Gasteiger partial charge in [0.15, 0.2) is 11.2 Å². The van der Waals surface area contributed by atoms with Crippen LogP contribution in [-0.4, -0.2) is 93.7 Å². The molecule has 0 fully saturated rings. The summed E-state index contributed by atoms with van der Waals surface area (Å²) in [7, 11) is 2.18. The van der Waals surface area contributed by atoms with Gasteiger partial charge in [0.05, 0.1) is 32.7 Å². The van der Waals surface area contributed by atoms with E-state index in [4.69, 9.17) is 4.74 Å². The molecule has 0 spiro atoms. The zero-order valence-corrected chi connectivity index (χ0v) is 28.4. The molecule has 0 saturated heterocycles. The summed E-state index contributed by atoms with van der Waals surface area (Å²) in [6.45, 7) is 2.41. The molecule has 4 N–H and O–H groups in total. The highest BCUT2D eigenvalue weighted by Gasteiger charge is 2.43. The van der Waals surface area contributed by atoms with E-state index in [0.29, 0.717) is 4.90 Å². The third kappa shape index (κ3) is 10.7. The van der Waals surface area contributed by atoms with E-state index in [9.17, 15) is 46.7 Å². The van der Waals surface area contributed by atoms with Crippen molar-refractivity contribution in [3.05, 3.63) is 52.1 Å². The van der Waals surface area contributed by atoms with Gasteiger partial charge in [-0.25, -0.2) is 19.6 Å². The molecule has 0 unspecified atom stereocenters. The van der Waals surface area contributed by atoms with E-state index in [1.807, 2.05) is 0 Å². The SMILES string of the molecule is COC(=O)[C@H](CCC(=O)N[C@H](CS)C(=O)OC)NC(=O)c1ccc(N(Cc2cnc3nc(NC(=O)C(C)C)[nH]c(=O)c3n2)C(=O)C(F)(F)F)cc1. The molecule has 51 heavy (non-hydrogen) atoms. The molecule has 17 nitrogen and oxygen atoms in total. The number of nitrogens with zero attached hydrogens (tertiary/aromatic N) is 4. The minimum absolute atomic E-state index is 0.0636. The standard InChI is InChI=1S/C30H33F3N8O9S/c1-14(2)23(43)39-29-38-22-21(25(45)40-29)35-16(11-34-22)12-41(28(48)30(31,32)33)17-7-5-15(6-8-17)24(44)37-18(26(46)49-3)9-10-20(42)36-19(13-51)27(47)50-4/h5-8,11,14,18-19,51H,9-10,12-13H2,1-4H3,(H,36,42)(H,37,44)(H2,34,38,39,40,43,45)/t18-,19+/m0/s1. The summed E-state index contributed by atoms with van der Waals surface area (Å²) in [4.78, 5) is 101. The number of aromatic amines is 1. The third-order valence-corrected chi connectivity index (χ3v) is 7.30. The number of aromatic nitrogens is 4. The van der Waals surface area contributed by atoms with Gasteiger partial charge in [0.2, 0.25) is 17.8 Å². The quantitative estimate of drug-likeness (QED) is 0.115. The number of esters is 2. The highest BCUT2D eigenvalue weighted by Crippen LogP contribution is 2.26. The lowest BCUT2D eigenvalue weighted by molar-refractivity contribution is -0.170. The first-order valence-corrected chi connectivity index (χ1v) is 15.5. The van der Waals surface area contributed by atoms with Crippen LogP contribution in [0.25, 0.3) is 11.2 Å². The Labute approximate surface area is 292 Å². The fraction of sp³-hybridized carbons (Fsp3) is 0.400. The van der Waals surface area contributed by atoms with E-state index in [1.54, 1.807) is 13.8 Å². The van der Waals surface area contributed by atoms with E-state index in [2.05, 4.69) is 53.3 Å². The first-order valence-electron chi connectivity index (χ1n) is 14.9. The number of anilines is 2. The Morgan fingerprint density at radius 1 is 0.961 bits per heavy atom. The molecule has 4 amide bonds. The molecule has 0 aliphatic rings. The second kappa shape index (κ2) is 17.4. The van der Waals surface area contributed by atoms with Crippen LogP contribution in [0.4, 0.5) is 24.8 Å². The normalized spacial score (nSPS) is 12.4. The van der Waals surface area contributed by atoms with Crippen molar-refractivity contribution in [2.45, 2.75) is 51.5 Å². The second-order valence-corrected chi connectivity index (χ2v) is 11.3. The van der Waals surface area contributed by atoms with Crippen molar-refractivity contribution in [1.82, 2.24) is 30.6 Å². The van der Waals surface area contributed by atoms with Gasteiger partial charge in [-0.15, -0.1) is 0 Å². The van der Waals surface area contributed by atoms with Crippen LogP contribution in [0.15, 0.2) is 35.3 Å². The first-order chi connectivity index (χ1) is 24.0. The van der Waals surface area contributed by atoms with E-state index < -0.39 is 71.8 Å². The lowest BCUT2D eigenvalue weighted by atomic mass is 10.1. The number of hydrogen-bond acceptors (Lipinski definition) is 13. The number of fused-ring (bicyclic) bond motifs is 1. The average molecular weight is 739 g/mol. The molecule has 274 valence electrons. The molecule has 0 bridgehead atoms. The van der Waals surface area contributed by atoms with Gasteiger partial charge in [-0.1, -0.05) is 13.8 Å². The monoisotopic (exact) mass is 738 g/mol. The maximum absolute atomic E-state index is 13.7. The number of H-pyrrole nitrogens is 1. The average Bonchev–Trinajstić information content (AvgIpc) is 3.09. The summed E-state index contributed by atoms with van der Waals surface area (Å²) in [5, 5.41) is 7.15. The molecule has 2 atom stereocenters. The Hall–Kier alpha value is -5.60. The lowest BCUT2D eigenvalue weighted by Crippen LogP contribution is -2.45. The molecular weight excluding hydrogens is 705 g/mol. The summed E-state index contributed by atoms with van der Waals surface area (Å²) < 4.78 is 50.2.